The van der Waals surface area contributed by atoms with Gasteiger partial charge in [-0.05, 0) is 18.2 Å². The van der Waals surface area contributed by atoms with Crippen molar-refractivity contribution in [1.29, 1.82) is 0 Å². The maximum Gasteiger partial charge on any atom is 0.315 e. The summed E-state index contributed by atoms with van der Waals surface area (Å²) in [6.45, 7) is 0.607. The zero-order valence-corrected chi connectivity index (χ0v) is 13.3. The van der Waals surface area contributed by atoms with Crippen molar-refractivity contribution in [1.82, 2.24) is 10.6 Å². The number of carbonyl (C=O) groups excluding carboxylic acids is 1. The van der Waals surface area contributed by atoms with Crippen LogP contribution < -0.4 is 24.8 Å². The van der Waals surface area contributed by atoms with E-state index >= 15 is 0 Å². The molecule has 0 aliphatic carbocycles. The van der Waals surface area contributed by atoms with E-state index in [2.05, 4.69) is 10.6 Å². The molecule has 0 fully saturated rings. The number of ether oxygens (including phenoxy) is 3. The highest BCUT2D eigenvalue weighted by Gasteiger charge is 2.12. The van der Waals surface area contributed by atoms with Gasteiger partial charge in [0.2, 0.25) is 0 Å². The van der Waals surface area contributed by atoms with Crippen LogP contribution in [0.2, 0.25) is 0 Å². The minimum atomic E-state index is -0.307. The minimum Gasteiger partial charge on any atom is -0.496 e. The first-order chi connectivity index (χ1) is 11.2. The van der Waals surface area contributed by atoms with Gasteiger partial charge in [-0.2, -0.15) is 0 Å². The van der Waals surface area contributed by atoms with Crippen LogP contribution in [-0.4, -0.2) is 27.4 Å². The molecule has 0 saturated heterocycles. The van der Waals surface area contributed by atoms with Crippen molar-refractivity contribution >= 4 is 6.03 Å². The molecule has 0 saturated carbocycles. The zero-order chi connectivity index (χ0) is 16.7. The fraction of sp³-hybridized carbons (Fsp3) is 0.312. The molecule has 7 nitrogen and oxygen atoms in total. The maximum absolute atomic E-state index is 11.8. The zero-order valence-electron chi connectivity index (χ0n) is 13.3. The second-order valence-corrected chi connectivity index (χ2v) is 4.63. The van der Waals surface area contributed by atoms with E-state index in [1.54, 1.807) is 51.9 Å². The molecule has 2 rings (SSSR count). The molecule has 0 bridgehead atoms. The molecule has 1 aromatic heterocycles. The third kappa shape index (κ3) is 4.32. The van der Waals surface area contributed by atoms with Gasteiger partial charge in [-0.1, -0.05) is 0 Å². The van der Waals surface area contributed by atoms with E-state index in [1.165, 1.54) is 0 Å². The Morgan fingerprint density at radius 3 is 2.26 bits per heavy atom. The van der Waals surface area contributed by atoms with Gasteiger partial charge in [-0.25, -0.2) is 4.79 Å². The first-order valence-electron chi connectivity index (χ1n) is 7.01. The van der Waals surface area contributed by atoms with Crippen LogP contribution in [0.3, 0.4) is 0 Å². The number of hydrogen-bond acceptors (Lipinski definition) is 5. The summed E-state index contributed by atoms with van der Waals surface area (Å²) in [6, 6.07) is 6.74. The molecule has 0 aliphatic rings. The number of methoxy groups -OCH3 is 3. The lowest BCUT2D eigenvalue weighted by Crippen LogP contribution is -2.34. The lowest BCUT2D eigenvalue weighted by molar-refractivity contribution is 0.239. The van der Waals surface area contributed by atoms with E-state index in [4.69, 9.17) is 18.6 Å². The summed E-state index contributed by atoms with van der Waals surface area (Å²) in [5.74, 6) is 2.43. The van der Waals surface area contributed by atoms with Crippen molar-refractivity contribution in [3.05, 3.63) is 41.9 Å². The van der Waals surface area contributed by atoms with E-state index in [0.29, 0.717) is 29.6 Å². The number of hydrogen-bond donors (Lipinski definition) is 2. The van der Waals surface area contributed by atoms with Crippen molar-refractivity contribution < 1.29 is 23.4 Å². The second kappa shape index (κ2) is 7.98. The van der Waals surface area contributed by atoms with Gasteiger partial charge < -0.3 is 29.3 Å². The highest BCUT2D eigenvalue weighted by molar-refractivity contribution is 5.73. The fourth-order valence-electron chi connectivity index (χ4n) is 2.05. The van der Waals surface area contributed by atoms with Gasteiger partial charge in [-0.15, -0.1) is 0 Å². The van der Waals surface area contributed by atoms with Crippen LogP contribution >= 0.6 is 0 Å². The lowest BCUT2D eigenvalue weighted by atomic mass is 10.1. The molecule has 0 atom stereocenters. The smallest absolute Gasteiger partial charge is 0.315 e. The molecule has 2 amide bonds. The molecule has 0 unspecified atom stereocenters. The van der Waals surface area contributed by atoms with E-state index < -0.39 is 0 Å². The third-order valence-corrected chi connectivity index (χ3v) is 3.23. The van der Waals surface area contributed by atoms with Crippen LogP contribution in [0, 0.1) is 0 Å². The van der Waals surface area contributed by atoms with Crippen LogP contribution in [-0.2, 0) is 13.1 Å². The predicted octanol–water partition coefficient (Wildman–Crippen LogP) is 2.30. The van der Waals surface area contributed by atoms with Gasteiger partial charge in [0.15, 0.2) is 11.5 Å². The van der Waals surface area contributed by atoms with E-state index in [-0.39, 0.29) is 12.6 Å². The van der Waals surface area contributed by atoms with Crippen LogP contribution in [0.4, 0.5) is 4.79 Å². The van der Waals surface area contributed by atoms with Crippen molar-refractivity contribution in [2.75, 3.05) is 21.3 Å². The van der Waals surface area contributed by atoms with E-state index in [0.717, 1.165) is 5.56 Å². The molecule has 1 heterocycles. The number of rotatable bonds is 7. The summed E-state index contributed by atoms with van der Waals surface area (Å²) < 4.78 is 20.9. The average molecular weight is 320 g/mol. The Morgan fingerprint density at radius 2 is 1.65 bits per heavy atom. The summed E-state index contributed by atoms with van der Waals surface area (Å²) >= 11 is 0. The summed E-state index contributed by atoms with van der Waals surface area (Å²) in [4.78, 5) is 11.8. The number of urea groups is 1. The molecule has 124 valence electrons. The molecular formula is C16H20N2O5. The van der Waals surface area contributed by atoms with Gasteiger partial charge >= 0.3 is 6.03 Å². The number of nitrogens with one attached hydrogen (secondary N) is 2. The highest BCUT2D eigenvalue weighted by atomic mass is 16.5. The number of furan rings is 1. The Morgan fingerprint density at radius 1 is 1.00 bits per heavy atom. The van der Waals surface area contributed by atoms with Gasteiger partial charge in [0, 0.05) is 18.2 Å². The third-order valence-electron chi connectivity index (χ3n) is 3.23. The van der Waals surface area contributed by atoms with Crippen LogP contribution in [0.1, 0.15) is 11.3 Å². The van der Waals surface area contributed by atoms with Crippen molar-refractivity contribution in [2.24, 2.45) is 0 Å². The molecular weight excluding hydrogens is 300 g/mol. The van der Waals surface area contributed by atoms with Crippen molar-refractivity contribution in [3.8, 4) is 17.2 Å². The normalized spacial score (nSPS) is 10.0. The Balaban J connectivity index is 1.97. The Kier molecular flexibility index (Phi) is 5.74. The minimum absolute atomic E-state index is 0.285. The quantitative estimate of drug-likeness (QED) is 0.818. The molecule has 23 heavy (non-hydrogen) atoms. The first kappa shape index (κ1) is 16.5. The van der Waals surface area contributed by atoms with Crippen molar-refractivity contribution in [2.45, 2.75) is 13.1 Å². The Bertz CT molecular complexity index is 640. The molecule has 1 aromatic carbocycles. The molecule has 7 heteroatoms. The van der Waals surface area contributed by atoms with Crippen LogP contribution in [0.15, 0.2) is 34.9 Å². The molecule has 0 aliphatic heterocycles. The average Bonchev–Trinajstić information content (AvgIpc) is 3.10. The highest BCUT2D eigenvalue weighted by Crippen LogP contribution is 2.34. The fourth-order valence-corrected chi connectivity index (χ4v) is 2.05. The van der Waals surface area contributed by atoms with E-state index in [9.17, 15) is 4.79 Å². The number of amides is 2. The Hall–Kier alpha value is -2.83. The lowest BCUT2D eigenvalue weighted by Gasteiger charge is -2.14. The molecule has 0 radical (unpaired) electrons. The predicted molar refractivity (Wildman–Crippen MR) is 83.9 cm³/mol. The standard InChI is InChI=1S/C16H20N2O5/c1-20-13-8-15(22-3)14(21-2)7-11(13)9-17-16(19)18-10-12-5-4-6-23-12/h4-8H,9-10H2,1-3H3,(H2,17,18,19). The van der Waals surface area contributed by atoms with Gasteiger partial charge in [-0.3, -0.25) is 0 Å². The van der Waals surface area contributed by atoms with Gasteiger partial charge in [0.25, 0.3) is 0 Å². The van der Waals surface area contributed by atoms with Crippen LogP contribution in [0.25, 0.3) is 0 Å². The SMILES string of the molecule is COc1cc(OC)c(OC)cc1CNC(=O)NCc1ccco1. The molecule has 0 spiro atoms. The number of benzene rings is 1. The van der Waals surface area contributed by atoms with Gasteiger partial charge in [0.1, 0.15) is 11.5 Å². The van der Waals surface area contributed by atoms with Crippen LogP contribution in [0.5, 0.6) is 17.2 Å². The molecule has 2 N–H and O–H groups in total. The summed E-state index contributed by atoms with van der Waals surface area (Å²) in [7, 11) is 4.66. The number of carbonyl (C=O) groups is 1. The summed E-state index contributed by atoms with van der Waals surface area (Å²) in [5, 5.41) is 5.46. The summed E-state index contributed by atoms with van der Waals surface area (Å²) in [6.07, 6.45) is 1.56. The van der Waals surface area contributed by atoms with Gasteiger partial charge in [0.05, 0.1) is 34.1 Å². The van der Waals surface area contributed by atoms with Crippen molar-refractivity contribution in [3.63, 3.8) is 0 Å². The topological polar surface area (TPSA) is 82.0 Å². The molecule has 2 aromatic rings. The maximum atomic E-state index is 11.8. The second-order valence-electron chi connectivity index (χ2n) is 4.63. The monoisotopic (exact) mass is 320 g/mol. The first-order valence-corrected chi connectivity index (χ1v) is 7.01. The summed E-state index contributed by atoms with van der Waals surface area (Å²) in [5.41, 5.74) is 0.776. The van der Waals surface area contributed by atoms with E-state index in [1.807, 2.05) is 0 Å². The Labute approximate surface area is 134 Å². The largest absolute Gasteiger partial charge is 0.496 e.